The highest BCUT2D eigenvalue weighted by Gasteiger charge is 2.14. The summed E-state index contributed by atoms with van der Waals surface area (Å²) in [4.78, 5) is 13.0. The van der Waals surface area contributed by atoms with E-state index in [0.29, 0.717) is 5.13 Å². The third kappa shape index (κ3) is 4.67. The van der Waals surface area contributed by atoms with Crippen molar-refractivity contribution in [1.82, 2.24) is 10.2 Å². The van der Waals surface area contributed by atoms with E-state index < -0.39 is 0 Å². The summed E-state index contributed by atoms with van der Waals surface area (Å²) < 4.78 is 0. The molecule has 25 heavy (non-hydrogen) atoms. The van der Waals surface area contributed by atoms with Gasteiger partial charge >= 0.3 is 0 Å². The van der Waals surface area contributed by atoms with Gasteiger partial charge in [-0.25, -0.2) is 0 Å². The molecule has 1 amide bonds. The van der Waals surface area contributed by atoms with Crippen molar-refractivity contribution in [2.45, 2.75) is 24.5 Å². The average molecular weight is 370 g/mol. The number of nitrogens with one attached hydrogen (secondary N) is 1. The highest BCUT2D eigenvalue weighted by Crippen LogP contribution is 2.35. The molecule has 0 aliphatic rings. The van der Waals surface area contributed by atoms with Crippen LogP contribution in [0, 0.1) is 5.92 Å². The molecule has 0 aliphatic carbocycles. The van der Waals surface area contributed by atoms with E-state index in [-0.39, 0.29) is 11.8 Å². The topological polar surface area (TPSA) is 54.9 Å². The third-order valence-electron chi connectivity index (χ3n) is 3.53. The number of anilines is 1. The molecule has 0 fully saturated rings. The van der Waals surface area contributed by atoms with Crippen LogP contribution in [0.2, 0.25) is 0 Å². The molecule has 0 saturated heterocycles. The lowest BCUT2D eigenvalue weighted by Crippen LogP contribution is -2.17. The van der Waals surface area contributed by atoms with Crippen LogP contribution < -0.4 is 5.32 Å². The Labute approximate surface area is 155 Å². The van der Waals surface area contributed by atoms with Crippen LogP contribution in [0.25, 0.3) is 10.6 Å². The van der Waals surface area contributed by atoms with E-state index in [2.05, 4.69) is 45.8 Å². The predicted molar refractivity (Wildman–Crippen MR) is 105 cm³/mol. The maximum atomic E-state index is 11.8. The molecule has 0 unspecified atom stereocenters. The predicted octanol–water partition coefficient (Wildman–Crippen LogP) is 5.09. The quantitative estimate of drug-likeness (QED) is 0.615. The number of thioether (sulfide) groups is 1. The van der Waals surface area contributed by atoms with Crippen LogP contribution in [0.1, 0.15) is 19.4 Å². The Kier molecular flexibility index (Phi) is 5.83. The molecule has 6 heteroatoms. The molecule has 2 aromatic carbocycles. The van der Waals surface area contributed by atoms with Gasteiger partial charge in [0, 0.05) is 22.1 Å². The second kappa shape index (κ2) is 8.27. The summed E-state index contributed by atoms with van der Waals surface area (Å²) in [5, 5.41) is 12.5. The summed E-state index contributed by atoms with van der Waals surface area (Å²) >= 11 is 3.17. The highest BCUT2D eigenvalue weighted by atomic mass is 32.2. The van der Waals surface area contributed by atoms with Crippen molar-refractivity contribution in [3.63, 3.8) is 0 Å². The Hall–Kier alpha value is -2.18. The Morgan fingerprint density at radius 3 is 2.56 bits per heavy atom. The summed E-state index contributed by atoms with van der Waals surface area (Å²) in [6.07, 6.45) is 0. The van der Waals surface area contributed by atoms with Gasteiger partial charge in [-0.3, -0.25) is 4.79 Å². The first-order valence-electron chi connectivity index (χ1n) is 8.04. The molecule has 0 radical (unpaired) electrons. The van der Waals surface area contributed by atoms with Gasteiger partial charge in [0.15, 0.2) is 5.01 Å². The zero-order chi connectivity index (χ0) is 17.6. The highest BCUT2D eigenvalue weighted by molar-refractivity contribution is 7.98. The summed E-state index contributed by atoms with van der Waals surface area (Å²) in [5.41, 5.74) is 2.33. The summed E-state index contributed by atoms with van der Waals surface area (Å²) in [7, 11) is 0. The minimum atomic E-state index is -0.0823. The van der Waals surface area contributed by atoms with Gasteiger partial charge in [0.25, 0.3) is 0 Å². The Bertz CT molecular complexity index is 847. The van der Waals surface area contributed by atoms with Crippen LogP contribution >= 0.6 is 23.1 Å². The van der Waals surface area contributed by atoms with Crippen LogP contribution in [0.4, 0.5) is 5.13 Å². The van der Waals surface area contributed by atoms with Crippen LogP contribution in [0.5, 0.6) is 0 Å². The van der Waals surface area contributed by atoms with Gasteiger partial charge in [-0.2, -0.15) is 0 Å². The lowest BCUT2D eigenvalue weighted by Gasteiger charge is -2.06. The number of amides is 1. The molecule has 4 nitrogen and oxygen atoms in total. The Morgan fingerprint density at radius 2 is 1.80 bits per heavy atom. The largest absolute Gasteiger partial charge is 0.300 e. The van der Waals surface area contributed by atoms with E-state index in [4.69, 9.17) is 0 Å². The smallest absolute Gasteiger partial charge is 0.228 e. The van der Waals surface area contributed by atoms with Crippen molar-refractivity contribution in [2.75, 3.05) is 5.32 Å². The molecule has 0 aliphatic heterocycles. The van der Waals surface area contributed by atoms with Crippen LogP contribution in [-0.4, -0.2) is 16.1 Å². The van der Waals surface area contributed by atoms with Gasteiger partial charge in [0.2, 0.25) is 11.0 Å². The second-order valence-corrected chi connectivity index (χ2v) is 7.82. The molecule has 0 bridgehead atoms. The summed E-state index contributed by atoms with van der Waals surface area (Å²) in [5.74, 6) is 0.767. The molecule has 3 rings (SSSR count). The zero-order valence-electron chi connectivity index (χ0n) is 14.1. The van der Waals surface area contributed by atoms with Gasteiger partial charge in [-0.05, 0) is 11.6 Å². The Morgan fingerprint density at radius 1 is 1.08 bits per heavy atom. The molecule has 1 N–H and O–H groups in total. The monoisotopic (exact) mass is 369 g/mol. The van der Waals surface area contributed by atoms with E-state index in [1.807, 2.05) is 38.1 Å². The van der Waals surface area contributed by atoms with Crippen LogP contribution in [-0.2, 0) is 10.5 Å². The molecular formula is C19H19N3OS2. The number of nitrogens with zero attached hydrogens (tertiary/aromatic N) is 2. The molecular weight excluding hydrogens is 350 g/mol. The van der Waals surface area contributed by atoms with E-state index in [1.54, 1.807) is 11.8 Å². The van der Waals surface area contributed by atoms with E-state index in [0.717, 1.165) is 21.2 Å². The fraction of sp³-hybridized carbons (Fsp3) is 0.211. The fourth-order valence-electron chi connectivity index (χ4n) is 2.14. The molecule has 3 aromatic rings. The van der Waals surface area contributed by atoms with Crippen molar-refractivity contribution in [3.05, 3.63) is 60.2 Å². The second-order valence-electron chi connectivity index (χ2n) is 5.83. The third-order valence-corrected chi connectivity index (χ3v) is 5.55. The number of carbonyl (C=O) groups excluding carboxylic acids is 1. The fourth-order valence-corrected chi connectivity index (χ4v) is 4.00. The van der Waals surface area contributed by atoms with Gasteiger partial charge in [0.05, 0.1) is 0 Å². The van der Waals surface area contributed by atoms with Gasteiger partial charge < -0.3 is 5.32 Å². The van der Waals surface area contributed by atoms with Crippen LogP contribution in [0.3, 0.4) is 0 Å². The van der Waals surface area contributed by atoms with Gasteiger partial charge in [-0.1, -0.05) is 73.7 Å². The summed E-state index contributed by atoms with van der Waals surface area (Å²) in [6, 6.07) is 18.5. The van der Waals surface area contributed by atoms with E-state index in [1.165, 1.54) is 16.9 Å². The van der Waals surface area contributed by atoms with Crippen molar-refractivity contribution in [2.24, 2.45) is 5.92 Å². The minimum Gasteiger partial charge on any atom is -0.300 e. The van der Waals surface area contributed by atoms with Crippen molar-refractivity contribution < 1.29 is 4.79 Å². The number of hydrogen-bond acceptors (Lipinski definition) is 5. The normalized spacial score (nSPS) is 10.8. The van der Waals surface area contributed by atoms with Gasteiger partial charge in [0.1, 0.15) is 0 Å². The van der Waals surface area contributed by atoms with E-state index >= 15 is 0 Å². The molecule has 1 heterocycles. The average Bonchev–Trinajstić information content (AvgIpc) is 3.09. The summed E-state index contributed by atoms with van der Waals surface area (Å²) in [6.45, 7) is 3.71. The van der Waals surface area contributed by atoms with Crippen molar-refractivity contribution in [1.29, 1.82) is 0 Å². The first kappa shape index (κ1) is 17.6. The van der Waals surface area contributed by atoms with Crippen LogP contribution in [0.15, 0.2) is 59.5 Å². The first-order chi connectivity index (χ1) is 12.1. The maximum absolute atomic E-state index is 11.8. The van der Waals surface area contributed by atoms with Crippen molar-refractivity contribution >= 4 is 34.1 Å². The number of rotatable bonds is 6. The van der Waals surface area contributed by atoms with E-state index in [9.17, 15) is 4.79 Å². The lowest BCUT2D eigenvalue weighted by atomic mass is 10.2. The molecule has 0 saturated carbocycles. The molecule has 0 spiro atoms. The number of aromatic nitrogens is 2. The zero-order valence-corrected chi connectivity index (χ0v) is 15.7. The number of benzene rings is 2. The minimum absolute atomic E-state index is 0.0468. The van der Waals surface area contributed by atoms with Crippen molar-refractivity contribution in [3.8, 4) is 10.6 Å². The SMILES string of the molecule is CC(C)C(=O)Nc1nnc(-c2ccccc2SCc2ccccc2)s1. The van der Waals surface area contributed by atoms with Gasteiger partial charge in [-0.15, -0.1) is 22.0 Å². The molecule has 128 valence electrons. The maximum Gasteiger partial charge on any atom is 0.228 e. The number of hydrogen-bond donors (Lipinski definition) is 1. The lowest BCUT2D eigenvalue weighted by molar-refractivity contribution is -0.118. The first-order valence-corrected chi connectivity index (χ1v) is 9.84. The Balaban J connectivity index is 1.76. The number of carbonyl (C=O) groups is 1. The standard InChI is InChI=1S/C19H19N3OS2/c1-13(2)17(23)20-19-22-21-18(25-19)15-10-6-7-11-16(15)24-12-14-8-4-3-5-9-14/h3-11,13H,12H2,1-2H3,(H,20,22,23). The molecule has 0 atom stereocenters. The molecule has 1 aromatic heterocycles.